The number of benzene rings is 1. The van der Waals surface area contributed by atoms with E-state index in [0.29, 0.717) is 15.8 Å². The first kappa shape index (κ1) is 18.0. The molecule has 0 saturated heterocycles. The second-order valence-corrected chi connectivity index (χ2v) is 6.59. The Morgan fingerprint density at radius 3 is 2.62 bits per heavy atom. The van der Waals surface area contributed by atoms with E-state index in [1.807, 2.05) is 6.26 Å². The number of amides is 2. The van der Waals surface area contributed by atoms with Crippen LogP contribution >= 0.6 is 27.7 Å². The highest BCUT2D eigenvalue weighted by Gasteiger charge is 2.20. The van der Waals surface area contributed by atoms with Gasteiger partial charge in [-0.3, -0.25) is 9.59 Å². The van der Waals surface area contributed by atoms with E-state index in [9.17, 15) is 14.7 Å². The first-order valence-corrected chi connectivity index (χ1v) is 8.55. The molecule has 0 aliphatic carbocycles. The fourth-order valence-corrected chi connectivity index (χ4v) is 2.80. The first-order chi connectivity index (χ1) is 9.85. The maximum absolute atomic E-state index is 11.9. The van der Waals surface area contributed by atoms with Gasteiger partial charge < -0.3 is 15.7 Å². The molecule has 5 nitrogen and oxygen atoms in total. The smallest absolute Gasteiger partial charge is 0.252 e. The fraction of sp³-hybridized carbons (Fsp3) is 0.429. The molecule has 0 bridgehead atoms. The van der Waals surface area contributed by atoms with E-state index in [0.717, 1.165) is 0 Å². The molecular formula is C14H19BrN2O3S. The Morgan fingerprint density at radius 2 is 2.00 bits per heavy atom. The summed E-state index contributed by atoms with van der Waals surface area (Å²) in [5.41, 5.74) is -0.485. The summed E-state index contributed by atoms with van der Waals surface area (Å²) in [6.07, 6.45) is 1.88. The highest BCUT2D eigenvalue weighted by atomic mass is 79.9. The number of carbonyl (C=O) groups is 2. The largest absolute Gasteiger partial charge is 0.387 e. The van der Waals surface area contributed by atoms with Crippen LogP contribution in [0.3, 0.4) is 0 Å². The van der Waals surface area contributed by atoms with E-state index in [2.05, 4.69) is 26.6 Å². The number of hydrogen-bond donors (Lipinski definition) is 3. The van der Waals surface area contributed by atoms with Crippen LogP contribution in [0.4, 0.5) is 0 Å². The molecule has 21 heavy (non-hydrogen) atoms. The minimum atomic E-state index is -0.957. The highest BCUT2D eigenvalue weighted by molar-refractivity contribution is 9.10. The molecule has 0 spiro atoms. The van der Waals surface area contributed by atoms with Crippen molar-refractivity contribution in [3.8, 4) is 0 Å². The molecule has 0 radical (unpaired) electrons. The van der Waals surface area contributed by atoms with Crippen LogP contribution in [0.2, 0.25) is 0 Å². The lowest BCUT2D eigenvalue weighted by Gasteiger charge is -2.22. The van der Waals surface area contributed by atoms with Crippen LogP contribution < -0.4 is 10.6 Å². The second kappa shape index (κ2) is 8.41. The zero-order valence-corrected chi connectivity index (χ0v) is 14.4. The van der Waals surface area contributed by atoms with Crippen LogP contribution in [0.15, 0.2) is 28.7 Å². The van der Waals surface area contributed by atoms with Crippen LogP contribution in [0, 0.1) is 0 Å². The van der Waals surface area contributed by atoms with Gasteiger partial charge in [-0.15, -0.1) is 0 Å². The lowest BCUT2D eigenvalue weighted by atomic mass is 10.1. The molecule has 0 heterocycles. The summed E-state index contributed by atoms with van der Waals surface area (Å²) in [7, 11) is 0. The first-order valence-electron chi connectivity index (χ1n) is 6.36. The van der Waals surface area contributed by atoms with E-state index in [-0.39, 0.29) is 24.9 Å². The summed E-state index contributed by atoms with van der Waals surface area (Å²) in [5, 5.41) is 15.1. The van der Waals surface area contributed by atoms with Crippen LogP contribution in [0.1, 0.15) is 17.3 Å². The summed E-state index contributed by atoms with van der Waals surface area (Å²) >= 11 is 4.78. The summed E-state index contributed by atoms with van der Waals surface area (Å²) in [4.78, 5) is 23.6. The molecule has 1 atom stereocenters. The number of thioether (sulfide) groups is 1. The molecule has 3 N–H and O–H groups in total. The molecule has 1 aromatic rings. The topological polar surface area (TPSA) is 78.4 Å². The van der Waals surface area contributed by atoms with Gasteiger partial charge >= 0.3 is 0 Å². The summed E-state index contributed by atoms with van der Waals surface area (Å²) < 4.78 is 0.672. The van der Waals surface area contributed by atoms with Crippen LogP contribution in [0.5, 0.6) is 0 Å². The molecule has 116 valence electrons. The maximum atomic E-state index is 11.9. The van der Waals surface area contributed by atoms with E-state index in [4.69, 9.17) is 0 Å². The standard InChI is InChI=1S/C14H19BrN2O3S/c1-14(20,9-21-2)8-17-12(18)7-16-13(19)10-5-3-4-6-11(10)15/h3-6,20H,7-9H2,1-2H3,(H,16,19)(H,17,18). The Balaban J connectivity index is 2.40. The molecule has 0 saturated carbocycles. The van der Waals surface area contributed by atoms with Crippen molar-refractivity contribution in [2.75, 3.05) is 25.1 Å². The Hall–Kier alpha value is -1.05. The molecular weight excluding hydrogens is 356 g/mol. The van der Waals surface area contributed by atoms with Gasteiger partial charge in [0.1, 0.15) is 0 Å². The summed E-state index contributed by atoms with van der Waals surface area (Å²) in [6.45, 7) is 1.68. The van der Waals surface area contributed by atoms with E-state index in [1.165, 1.54) is 11.8 Å². The zero-order chi connectivity index (χ0) is 15.9. The average Bonchev–Trinajstić information content (AvgIpc) is 2.43. The molecule has 0 fully saturated rings. The second-order valence-electron chi connectivity index (χ2n) is 4.87. The molecule has 1 rings (SSSR count). The van der Waals surface area contributed by atoms with Crippen molar-refractivity contribution in [1.82, 2.24) is 10.6 Å². The van der Waals surface area contributed by atoms with Crippen LogP contribution in [-0.4, -0.2) is 47.6 Å². The van der Waals surface area contributed by atoms with E-state index >= 15 is 0 Å². The Morgan fingerprint density at radius 1 is 1.33 bits per heavy atom. The van der Waals surface area contributed by atoms with Gasteiger partial charge in [-0.2, -0.15) is 11.8 Å². The number of rotatable bonds is 7. The number of aliphatic hydroxyl groups is 1. The zero-order valence-electron chi connectivity index (χ0n) is 12.0. The molecule has 1 aromatic carbocycles. The number of nitrogens with one attached hydrogen (secondary N) is 2. The van der Waals surface area contributed by atoms with Crippen LogP contribution in [0.25, 0.3) is 0 Å². The van der Waals surface area contributed by atoms with Crippen molar-refractivity contribution in [2.24, 2.45) is 0 Å². The molecule has 0 aliphatic rings. The Bertz CT molecular complexity index is 509. The minimum Gasteiger partial charge on any atom is -0.387 e. The summed E-state index contributed by atoms with van der Waals surface area (Å²) in [6, 6.07) is 6.98. The van der Waals surface area contributed by atoms with Crippen LogP contribution in [-0.2, 0) is 4.79 Å². The third kappa shape index (κ3) is 6.50. The van der Waals surface area contributed by atoms with Gasteiger partial charge in [-0.1, -0.05) is 12.1 Å². The molecule has 1 unspecified atom stereocenters. The lowest BCUT2D eigenvalue weighted by Crippen LogP contribution is -2.45. The average molecular weight is 375 g/mol. The van der Waals surface area contributed by atoms with Gasteiger partial charge in [0.25, 0.3) is 5.91 Å². The SMILES string of the molecule is CSCC(C)(O)CNC(=O)CNC(=O)c1ccccc1Br. The predicted octanol–water partition coefficient (Wildman–Crippen LogP) is 1.41. The quantitative estimate of drug-likeness (QED) is 0.674. The third-order valence-electron chi connectivity index (χ3n) is 2.65. The maximum Gasteiger partial charge on any atom is 0.252 e. The van der Waals surface area contributed by atoms with Gasteiger partial charge in [0.15, 0.2) is 0 Å². The van der Waals surface area contributed by atoms with E-state index in [1.54, 1.807) is 31.2 Å². The number of hydrogen-bond acceptors (Lipinski definition) is 4. The van der Waals surface area contributed by atoms with Crippen molar-refractivity contribution in [1.29, 1.82) is 0 Å². The van der Waals surface area contributed by atoms with Crippen molar-refractivity contribution >= 4 is 39.5 Å². The summed E-state index contributed by atoms with van der Waals surface area (Å²) in [5.74, 6) is -0.137. The number of carbonyl (C=O) groups excluding carboxylic acids is 2. The number of halogens is 1. The van der Waals surface area contributed by atoms with Gasteiger partial charge in [0.05, 0.1) is 17.7 Å². The predicted molar refractivity (Wildman–Crippen MR) is 88.5 cm³/mol. The van der Waals surface area contributed by atoms with Crippen molar-refractivity contribution < 1.29 is 14.7 Å². The monoisotopic (exact) mass is 374 g/mol. The Kier molecular flexibility index (Phi) is 7.21. The fourth-order valence-electron chi connectivity index (χ4n) is 1.61. The van der Waals surface area contributed by atoms with Gasteiger partial charge in [-0.05, 0) is 41.2 Å². The van der Waals surface area contributed by atoms with Gasteiger partial charge in [-0.25, -0.2) is 0 Å². The van der Waals surface area contributed by atoms with E-state index < -0.39 is 5.60 Å². The highest BCUT2D eigenvalue weighted by Crippen LogP contribution is 2.15. The molecule has 7 heteroatoms. The van der Waals surface area contributed by atoms with Crippen molar-refractivity contribution in [3.05, 3.63) is 34.3 Å². The van der Waals surface area contributed by atoms with Crippen molar-refractivity contribution in [3.63, 3.8) is 0 Å². The Labute approximate surface area is 137 Å². The molecule has 0 aromatic heterocycles. The normalized spacial score (nSPS) is 13.3. The minimum absolute atomic E-state index is 0.129. The van der Waals surface area contributed by atoms with Crippen molar-refractivity contribution in [2.45, 2.75) is 12.5 Å². The van der Waals surface area contributed by atoms with Gasteiger partial charge in [0.2, 0.25) is 5.91 Å². The molecule has 2 amide bonds. The lowest BCUT2D eigenvalue weighted by molar-refractivity contribution is -0.121. The molecule has 0 aliphatic heterocycles. The van der Waals surface area contributed by atoms with Gasteiger partial charge in [0, 0.05) is 16.8 Å². The third-order valence-corrected chi connectivity index (χ3v) is 4.25.